The molecule has 0 aliphatic carbocycles. The summed E-state index contributed by atoms with van der Waals surface area (Å²) in [5.74, 6) is -0.801. The van der Waals surface area contributed by atoms with E-state index in [4.69, 9.17) is 5.11 Å². The second-order valence-electron chi connectivity index (χ2n) is 4.63. The van der Waals surface area contributed by atoms with Gasteiger partial charge in [-0.2, -0.15) is 0 Å². The predicted octanol–water partition coefficient (Wildman–Crippen LogP) is 3.37. The lowest BCUT2D eigenvalue weighted by Gasteiger charge is -2.21. The Morgan fingerprint density at radius 3 is 2.40 bits per heavy atom. The Labute approximate surface area is 98.4 Å². The first-order valence-electron chi connectivity index (χ1n) is 4.81. The van der Waals surface area contributed by atoms with Crippen LogP contribution >= 0.6 is 15.9 Å². The van der Waals surface area contributed by atoms with E-state index in [2.05, 4.69) is 36.7 Å². The van der Waals surface area contributed by atoms with Crippen molar-refractivity contribution >= 4 is 21.9 Å². The summed E-state index contributed by atoms with van der Waals surface area (Å²) in [4.78, 5) is 10.5. The minimum Gasteiger partial charge on any atom is -0.481 e. The molecule has 15 heavy (non-hydrogen) atoms. The Morgan fingerprint density at radius 1 is 1.40 bits per heavy atom. The molecule has 0 spiro atoms. The van der Waals surface area contributed by atoms with Crippen LogP contribution in [-0.2, 0) is 16.6 Å². The van der Waals surface area contributed by atoms with Crippen LogP contribution in [0.4, 0.5) is 0 Å². The van der Waals surface area contributed by atoms with E-state index < -0.39 is 5.97 Å². The van der Waals surface area contributed by atoms with Crippen LogP contribution in [0.25, 0.3) is 0 Å². The summed E-state index contributed by atoms with van der Waals surface area (Å²) in [6, 6.07) is 5.75. The minimum absolute atomic E-state index is 0.0700. The monoisotopic (exact) mass is 270 g/mol. The van der Waals surface area contributed by atoms with E-state index in [9.17, 15) is 4.79 Å². The molecule has 1 aromatic rings. The first-order chi connectivity index (χ1) is 6.80. The Bertz CT molecular complexity index is 378. The van der Waals surface area contributed by atoms with Gasteiger partial charge in [-0.05, 0) is 22.6 Å². The molecule has 0 saturated heterocycles. The Kier molecular flexibility index (Phi) is 3.55. The normalized spacial score (nSPS) is 11.5. The van der Waals surface area contributed by atoms with Crippen LogP contribution in [0.5, 0.6) is 0 Å². The topological polar surface area (TPSA) is 37.3 Å². The van der Waals surface area contributed by atoms with Gasteiger partial charge in [0.1, 0.15) is 0 Å². The van der Waals surface area contributed by atoms with Crippen molar-refractivity contribution in [1.29, 1.82) is 0 Å². The molecule has 3 heteroatoms. The van der Waals surface area contributed by atoms with Gasteiger partial charge in [-0.15, -0.1) is 0 Å². The van der Waals surface area contributed by atoms with E-state index in [-0.39, 0.29) is 11.8 Å². The summed E-state index contributed by atoms with van der Waals surface area (Å²) in [5, 5.41) is 8.67. The second kappa shape index (κ2) is 4.35. The molecular formula is C12H15BrO2. The van der Waals surface area contributed by atoms with E-state index in [1.807, 2.05) is 18.2 Å². The lowest BCUT2D eigenvalue weighted by Crippen LogP contribution is -2.12. The molecule has 0 radical (unpaired) electrons. The van der Waals surface area contributed by atoms with Gasteiger partial charge >= 0.3 is 5.97 Å². The van der Waals surface area contributed by atoms with E-state index >= 15 is 0 Å². The zero-order valence-corrected chi connectivity index (χ0v) is 10.8. The zero-order chi connectivity index (χ0) is 11.6. The van der Waals surface area contributed by atoms with Gasteiger partial charge in [-0.25, -0.2) is 0 Å². The van der Waals surface area contributed by atoms with E-state index in [0.717, 1.165) is 10.0 Å². The highest BCUT2D eigenvalue weighted by Crippen LogP contribution is 2.30. The number of rotatable bonds is 2. The van der Waals surface area contributed by atoms with Crippen molar-refractivity contribution in [2.24, 2.45) is 0 Å². The largest absolute Gasteiger partial charge is 0.481 e. The Balaban J connectivity index is 3.04. The SMILES string of the molecule is CC(C)(C)c1ccc(CC(=O)O)cc1Br. The maximum atomic E-state index is 10.5. The van der Waals surface area contributed by atoms with Gasteiger partial charge in [0, 0.05) is 4.47 Å². The average molecular weight is 271 g/mol. The fourth-order valence-electron chi connectivity index (χ4n) is 1.45. The number of benzene rings is 1. The van der Waals surface area contributed by atoms with Crippen molar-refractivity contribution in [3.63, 3.8) is 0 Å². The average Bonchev–Trinajstić information content (AvgIpc) is 1.99. The van der Waals surface area contributed by atoms with Crippen LogP contribution in [0.15, 0.2) is 22.7 Å². The summed E-state index contributed by atoms with van der Waals surface area (Å²) in [5.41, 5.74) is 2.08. The van der Waals surface area contributed by atoms with Crippen LogP contribution in [0.2, 0.25) is 0 Å². The van der Waals surface area contributed by atoms with Crippen LogP contribution in [0.1, 0.15) is 31.9 Å². The summed E-state index contributed by atoms with van der Waals surface area (Å²) < 4.78 is 0.980. The second-order valence-corrected chi connectivity index (χ2v) is 5.49. The van der Waals surface area contributed by atoms with Gasteiger partial charge in [-0.1, -0.05) is 48.8 Å². The lowest BCUT2D eigenvalue weighted by atomic mass is 9.86. The van der Waals surface area contributed by atoms with Crippen molar-refractivity contribution in [2.45, 2.75) is 32.6 Å². The summed E-state index contributed by atoms with van der Waals surface area (Å²) in [6.07, 6.45) is 0.0724. The number of carboxylic acids is 1. The van der Waals surface area contributed by atoms with Crippen LogP contribution in [0.3, 0.4) is 0 Å². The number of halogens is 1. The standard InChI is InChI=1S/C12H15BrO2/c1-12(2,3)9-5-4-8(6-10(9)13)7-11(14)15/h4-6H,7H2,1-3H3,(H,14,15). The smallest absolute Gasteiger partial charge is 0.307 e. The molecule has 1 rings (SSSR count). The summed E-state index contributed by atoms with van der Waals surface area (Å²) in [6.45, 7) is 6.39. The van der Waals surface area contributed by atoms with Crippen molar-refractivity contribution in [3.8, 4) is 0 Å². The molecule has 0 fully saturated rings. The highest BCUT2D eigenvalue weighted by atomic mass is 79.9. The van der Waals surface area contributed by atoms with Gasteiger partial charge in [0.05, 0.1) is 6.42 Å². The predicted molar refractivity (Wildman–Crippen MR) is 64.2 cm³/mol. The molecule has 0 heterocycles. The molecular weight excluding hydrogens is 256 g/mol. The molecule has 0 aliphatic rings. The molecule has 0 aromatic heterocycles. The third-order valence-corrected chi connectivity index (χ3v) is 2.85. The van der Waals surface area contributed by atoms with Crippen LogP contribution < -0.4 is 0 Å². The number of carbonyl (C=O) groups is 1. The van der Waals surface area contributed by atoms with Gasteiger partial charge in [0.15, 0.2) is 0 Å². The molecule has 82 valence electrons. The highest BCUT2D eigenvalue weighted by molar-refractivity contribution is 9.10. The third-order valence-electron chi connectivity index (χ3n) is 2.20. The first-order valence-corrected chi connectivity index (χ1v) is 5.60. The van der Waals surface area contributed by atoms with Crippen molar-refractivity contribution in [2.75, 3.05) is 0 Å². The van der Waals surface area contributed by atoms with Gasteiger partial charge < -0.3 is 5.11 Å². The van der Waals surface area contributed by atoms with Gasteiger partial charge in [0.25, 0.3) is 0 Å². The molecule has 1 N–H and O–H groups in total. The summed E-state index contributed by atoms with van der Waals surface area (Å²) in [7, 11) is 0. The third kappa shape index (κ3) is 3.34. The molecule has 2 nitrogen and oxygen atoms in total. The number of hydrogen-bond acceptors (Lipinski definition) is 1. The molecule has 0 unspecified atom stereocenters. The van der Waals surface area contributed by atoms with Gasteiger partial charge in [-0.3, -0.25) is 4.79 Å². The number of aliphatic carboxylic acids is 1. The van der Waals surface area contributed by atoms with Crippen molar-refractivity contribution in [1.82, 2.24) is 0 Å². The molecule has 0 amide bonds. The minimum atomic E-state index is -0.801. The maximum absolute atomic E-state index is 10.5. The molecule has 0 aliphatic heterocycles. The quantitative estimate of drug-likeness (QED) is 0.895. The zero-order valence-electron chi connectivity index (χ0n) is 9.17. The van der Waals surface area contributed by atoms with Crippen molar-refractivity contribution < 1.29 is 9.90 Å². The number of carboxylic acid groups (broad SMARTS) is 1. The van der Waals surface area contributed by atoms with E-state index in [1.165, 1.54) is 5.56 Å². The first kappa shape index (κ1) is 12.2. The van der Waals surface area contributed by atoms with Crippen LogP contribution in [-0.4, -0.2) is 11.1 Å². The van der Waals surface area contributed by atoms with E-state index in [0.29, 0.717) is 0 Å². The maximum Gasteiger partial charge on any atom is 0.307 e. The van der Waals surface area contributed by atoms with E-state index in [1.54, 1.807) is 0 Å². The van der Waals surface area contributed by atoms with Crippen molar-refractivity contribution in [3.05, 3.63) is 33.8 Å². The Morgan fingerprint density at radius 2 is 2.00 bits per heavy atom. The van der Waals surface area contributed by atoms with Crippen LogP contribution in [0, 0.1) is 0 Å². The fourth-order valence-corrected chi connectivity index (χ4v) is 2.47. The van der Waals surface area contributed by atoms with Gasteiger partial charge in [0.2, 0.25) is 0 Å². The Hall–Kier alpha value is -0.830. The highest BCUT2D eigenvalue weighted by Gasteiger charge is 2.17. The molecule has 1 aromatic carbocycles. The lowest BCUT2D eigenvalue weighted by molar-refractivity contribution is -0.136. The molecule has 0 saturated carbocycles. The fraction of sp³-hybridized carbons (Fsp3) is 0.417. The molecule has 0 bridgehead atoms. The molecule has 0 atom stereocenters. The number of hydrogen-bond donors (Lipinski definition) is 1. The summed E-state index contributed by atoms with van der Waals surface area (Å²) >= 11 is 3.48.